The number of carboxylic acid groups (broad SMARTS) is 1. The maximum Gasteiger partial charge on any atom is 0.411 e. The van der Waals surface area contributed by atoms with Crippen molar-refractivity contribution in [1.82, 2.24) is 19.7 Å². The number of halogens is 1. The van der Waals surface area contributed by atoms with E-state index in [0.29, 0.717) is 10.9 Å². The van der Waals surface area contributed by atoms with Crippen LogP contribution in [0.25, 0.3) is 16.9 Å². The van der Waals surface area contributed by atoms with Gasteiger partial charge in [-0.05, 0) is 24.3 Å². The van der Waals surface area contributed by atoms with E-state index in [1.165, 1.54) is 23.9 Å². The van der Waals surface area contributed by atoms with Crippen LogP contribution in [0.15, 0.2) is 48.5 Å². The van der Waals surface area contributed by atoms with E-state index in [0.717, 1.165) is 4.90 Å². The Kier molecular flexibility index (Phi) is 4.54. The third kappa shape index (κ3) is 3.17. The molecule has 0 saturated heterocycles. The molecule has 2 aromatic carbocycles. The zero-order valence-corrected chi connectivity index (χ0v) is 15.7. The zero-order chi connectivity index (χ0) is 21.4. The molecule has 11 heteroatoms. The lowest BCUT2D eigenvalue weighted by molar-refractivity contribution is 0.203. The van der Waals surface area contributed by atoms with Crippen LogP contribution in [0.5, 0.6) is 11.6 Å². The lowest BCUT2D eigenvalue weighted by Gasteiger charge is -2.17. The maximum absolute atomic E-state index is 14.0. The molecule has 0 aliphatic heterocycles. The molecular formula is C19H16FN7O3. The highest BCUT2D eigenvalue weighted by Crippen LogP contribution is 2.33. The van der Waals surface area contributed by atoms with Crippen molar-refractivity contribution < 1.29 is 19.0 Å². The fourth-order valence-electron chi connectivity index (χ4n) is 2.91. The molecule has 0 unspecified atom stereocenters. The van der Waals surface area contributed by atoms with E-state index < -0.39 is 11.9 Å². The number of amides is 1. The first-order chi connectivity index (χ1) is 14.4. The van der Waals surface area contributed by atoms with Crippen molar-refractivity contribution in [2.45, 2.75) is 0 Å². The van der Waals surface area contributed by atoms with E-state index in [1.54, 1.807) is 36.4 Å². The van der Waals surface area contributed by atoms with Crippen molar-refractivity contribution in [3.05, 3.63) is 54.3 Å². The summed E-state index contributed by atoms with van der Waals surface area (Å²) < 4.78 is 21.0. The van der Waals surface area contributed by atoms with Crippen LogP contribution in [-0.4, -0.2) is 38.0 Å². The van der Waals surface area contributed by atoms with Crippen molar-refractivity contribution in [2.24, 2.45) is 0 Å². The Morgan fingerprint density at radius 2 is 1.73 bits per heavy atom. The summed E-state index contributed by atoms with van der Waals surface area (Å²) in [6, 6.07) is 13.0. The van der Waals surface area contributed by atoms with Crippen LogP contribution in [0.3, 0.4) is 0 Å². The summed E-state index contributed by atoms with van der Waals surface area (Å²) in [7, 11) is 1.27. The molecule has 0 radical (unpaired) electrons. The van der Waals surface area contributed by atoms with E-state index in [2.05, 4.69) is 15.1 Å². The predicted molar refractivity (Wildman–Crippen MR) is 108 cm³/mol. The van der Waals surface area contributed by atoms with Gasteiger partial charge in [0.25, 0.3) is 5.95 Å². The molecule has 4 rings (SSSR count). The maximum atomic E-state index is 14.0. The molecule has 10 nitrogen and oxygen atoms in total. The van der Waals surface area contributed by atoms with Gasteiger partial charge in [-0.2, -0.15) is 14.6 Å². The van der Waals surface area contributed by atoms with E-state index in [-0.39, 0.29) is 34.9 Å². The highest BCUT2D eigenvalue weighted by Gasteiger charge is 2.22. The van der Waals surface area contributed by atoms with Gasteiger partial charge >= 0.3 is 6.09 Å². The normalized spacial score (nSPS) is 10.9. The van der Waals surface area contributed by atoms with E-state index in [4.69, 9.17) is 16.2 Å². The minimum atomic E-state index is -1.27. The molecule has 152 valence electrons. The lowest BCUT2D eigenvalue weighted by atomic mass is 10.2. The van der Waals surface area contributed by atoms with Crippen LogP contribution < -0.4 is 21.1 Å². The molecule has 30 heavy (non-hydrogen) atoms. The third-order valence-corrected chi connectivity index (χ3v) is 4.33. The Labute approximate surface area is 169 Å². The number of rotatable bonds is 4. The Bertz CT molecular complexity index is 1250. The first-order valence-electron chi connectivity index (χ1n) is 8.67. The number of nitrogen functional groups attached to an aromatic ring is 2. The summed E-state index contributed by atoms with van der Waals surface area (Å²) in [6.45, 7) is 0. The minimum absolute atomic E-state index is 0.00581. The van der Waals surface area contributed by atoms with Crippen LogP contribution in [0.4, 0.5) is 26.5 Å². The Morgan fingerprint density at radius 3 is 2.40 bits per heavy atom. The molecule has 0 aliphatic rings. The highest BCUT2D eigenvalue weighted by atomic mass is 19.1. The van der Waals surface area contributed by atoms with Gasteiger partial charge in [0, 0.05) is 7.05 Å². The molecule has 0 atom stereocenters. The first kappa shape index (κ1) is 18.9. The number of ether oxygens (including phenoxy) is 1. The van der Waals surface area contributed by atoms with Crippen molar-refractivity contribution in [3.8, 4) is 17.6 Å². The standard InChI is InChI=1S/C19H16FN7O3/c1-26(19(28)29)14-15(21)23-18(24-16(14)22)27-12-8-4-2-6-10(12)17(25-27)30-13-9-5-3-7-11(13)20/h2-9H,1H3,(H,28,29)(H4,21,22,23,24). The second-order valence-electron chi connectivity index (χ2n) is 6.25. The van der Waals surface area contributed by atoms with E-state index in [1.807, 2.05) is 0 Å². The third-order valence-electron chi connectivity index (χ3n) is 4.33. The van der Waals surface area contributed by atoms with Crippen LogP contribution in [-0.2, 0) is 0 Å². The number of benzene rings is 2. The number of hydrogen-bond acceptors (Lipinski definition) is 7. The van der Waals surface area contributed by atoms with Crippen molar-refractivity contribution in [3.63, 3.8) is 0 Å². The van der Waals surface area contributed by atoms with Gasteiger partial charge in [-0.25, -0.2) is 9.18 Å². The van der Waals surface area contributed by atoms with Gasteiger partial charge in [-0.15, -0.1) is 5.10 Å². The molecule has 1 amide bonds. The number of para-hydroxylation sites is 2. The summed E-state index contributed by atoms with van der Waals surface area (Å²) in [6.07, 6.45) is -1.27. The molecule has 2 heterocycles. The lowest BCUT2D eigenvalue weighted by Crippen LogP contribution is -2.27. The Hall–Kier alpha value is -4.41. The van der Waals surface area contributed by atoms with E-state index in [9.17, 15) is 14.3 Å². The molecule has 0 bridgehead atoms. The zero-order valence-electron chi connectivity index (χ0n) is 15.7. The van der Waals surface area contributed by atoms with Crippen molar-refractivity contribution >= 4 is 34.3 Å². The predicted octanol–water partition coefficient (Wildman–Crippen LogP) is 3.03. The van der Waals surface area contributed by atoms with Crippen molar-refractivity contribution in [2.75, 3.05) is 23.4 Å². The summed E-state index contributed by atoms with van der Waals surface area (Å²) in [4.78, 5) is 20.4. The van der Waals surface area contributed by atoms with Gasteiger partial charge in [0.05, 0.1) is 10.9 Å². The van der Waals surface area contributed by atoms with E-state index >= 15 is 0 Å². The van der Waals surface area contributed by atoms with Crippen LogP contribution in [0.2, 0.25) is 0 Å². The summed E-state index contributed by atoms with van der Waals surface area (Å²) in [5, 5.41) is 14.1. The average Bonchev–Trinajstić information content (AvgIpc) is 3.07. The van der Waals surface area contributed by atoms with Gasteiger partial charge < -0.3 is 21.3 Å². The molecule has 5 N–H and O–H groups in total. The molecule has 2 aromatic heterocycles. The highest BCUT2D eigenvalue weighted by molar-refractivity contribution is 5.93. The minimum Gasteiger partial charge on any atom is -0.465 e. The molecular weight excluding hydrogens is 393 g/mol. The fraction of sp³-hybridized carbons (Fsp3) is 0.0526. The van der Waals surface area contributed by atoms with Gasteiger partial charge in [-0.3, -0.25) is 4.90 Å². The summed E-state index contributed by atoms with van der Waals surface area (Å²) in [5.74, 6) is -0.680. The number of nitrogens with zero attached hydrogens (tertiary/aromatic N) is 5. The average molecular weight is 409 g/mol. The van der Waals surface area contributed by atoms with Gasteiger partial charge in [0.2, 0.25) is 5.88 Å². The number of hydrogen-bond donors (Lipinski definition) is 3. The number of nitrogens with two attached hydrogens (primary N) is 2. The Balaban J connectivity index is 1.84. The van der Waals surface area contributed by atoms with Crippen LogP contribution >= 0.6 is 0 Å². The largest absolute Gasteiger partial charge is 0.465 e. The molecule has 0 spiro atoms. The summed E-state index contributed by atoms with van der Waals surface area (Å²) in [5.41, 5.74) is 12.4. The number of carbonyl (C=O) groups is 1. The second-order valence-corrected chi connectivity index (χ2v) is 6.25. The SMILES string of the molecule is CN(C(=O)O)c1c(N)nc(-n2nc(Oc3ccccc3F)c3ccccc32)nc1N. The smallest absolute Gasteiger partial charge is 0.411 e. The molecule has 4 aromatic rings. The van der Waals surface area contributed by atoms with Crippen LogP contribution in [0, 0.1) is 5.82 Å². The summed E-state index contributed by atoms with van der Waals surface area (Å²) >= 11 is 0. The van der Waals surface area contributed by atoms with Gasteiger partial charge in [-0.1, -0.05) is 24.3 Å². The first-order valence-corrected chi connectivity index (χ1v) is 8.67. The van der Waals surface area contributed by atoms with Gasteiger partial charge in [0.15, 0.2) is 23.2 Å². The molecule has 0 aliphatic carbocycles. The molecule has 0 fully saturated rings. The number of fused-ring (bicyclic) bond motifs is 1. The topological polar surface area (TPSA) is 145 Å². The van der Waals surface area contributed by atoms with Gasteiger partial charge in [0.1, 0.15) is 5.69 Å². The second kappa shape index (κ2) is 7.20. The molecule has 0 saturated carbocycles. The number of aromatic nitrogens is 4. The van der Waals surface area contributed by atoms with Crippen molar-refractivity contribution in [1.29, 1.82) is 0 Å². The fourth-order valence-corrected chi connectivity index (χ4v) is 2.91. The number of anilines is 3. The Morgan fingerprint density at radius 1 is 1.10 bits per heavy atom. The quantitative estimate of drug-likeness (QED) is 0.466. The monoisotopic (exact) mass is 409 g/mol. The van der Waals surface area contributed by atoms with Crippen LogP contribution in [0.1, 0.15) is 0 Å².